The van der Waals surface area contributed by atoms with Crippen molar-refractivity contribution in [2.45, 2.75) is 33.1 Å². The van der Waals surface area contributed by atoms with Crippen LogP contribution in [0.15, 0.2) is 12.1 Å². The third-order valence-corrected chi connectivity index (χ3v) is 4.47. The van der Waals surface area contributed by atoms with Gasteiger partial charge in [-0.25, -0.2) is 4.79 Å². The van der Waals surface area contributed by atoms with Gasteiger partial charge >= 0.3 is 11.9 Å². The number of fused-ring (bicyclic) bond motifs is 1. The number of halogens is 1. The summed E-state index contributed by atoms with van der Waals surface area (Å²) in [7, 11) is 3.22. The van der Waals surface area contributed by atoms with E-state index in [0.717, 1.165) is 28.5 Å². The molecule has 0 spiro atoms. The molecule has 0 radical (unpaired) electrons. The van der Waals surface area contributed by atoms with E-state index in [9.17, 15) is 9.59 Å². The Hall–Kier alpha value is -2.01. The van der Waals surface area contributed by atoms with Crippen LogP contribution in [0.3, 0.4) is 0 Å². The lowest BCUT2D eigenvalue weighted by atomic mass is 10.0. The van der Waals surface area contributed by atoms with Gasteiger partial charge in [-0.3, -0.25) is 4.79 Å². The maximum Gasteiger partial charge on any atom is 0.354 e. The van der Waals surface area contributed by atoms with E-state index >= 15 is 0 Å². The first-order chi connectivity index (χ1) is 11.4. The Bertz CT molecular complexity index is 779. The van der Waals surface area contributed by atoms with Crippen molar-refractivity contribution in [2.75, 3.05) is 13.7 Å². The molecule has 1 aromatic heterocycles. The van der Waals surface area contributed by atoms with Gasteiger partial charge in [0.2, 0.25) is 0 Å². The lowest BCUT2D eigenvalue weighted by Gasteiger charge is -2.07. The lowest BCUT2D eigenvalue weighted by Crippen LogP contribution is -2.11. The Morgan fingerprint density at radius 2 is 1.96 bits per heavy atom. The molecule has 2 rings (SSSR count). The third kappa shape index (κ3) is 3.41. The minimum absolute atomic E-state index is 0.304. The van der Waals surface area contributed by atoms with Crippen LogP contribution < -0.4 is 0 Å². The monoisotopic (exact) mass is 351 g/mol. The summed E-state index contributed by atoms with van der Waals surface area (Å²) in [6.07, 6.45) is 2.01. The highest BCUT2D eigenvalue weighted by Crippen LogP contribution is 2.33. The predicted molar refractivity (Wildman–Crippen MR) is 93.6 cm³/mol. The fourth-order valence-electron chi connectivity index (χ4n) is 3.09. The summed E-state index contributed by atoms with van der Waals surface area (Å²) in [5.74, 6) is -0.685. The summed E-state index contributed by atoms with van der Waals surface area (Å²) < 4.78 is 11.8. The number of hydrogen-bond donors (Lipinski definition) is 0. The van der Waals surface area contributed by atoms with Crippen LogP contribution in [-0.2, 0) is 34.2 Å². The number of methoxy groups -OCH3 is 1. The van der Waals surface area contributed by atoms with Crippen LogP contribution in [0.25, 0.3) is 10.9 Å². The molecule has 0 aliphatic heterocycles. The van der Waals surface area contributed by atoms with E-state index in [0.29, 0.717) is 30.2 Å². The second-order valence-electron chi connectivity index (χ2n) is 5.60. The Labute approximate surface area is 146 Å². The molecule has 1 heterocycles. The fraction of sp³-hybridized carbons (Fsp3) is 0.444. The quantitative estimate of drug-likeness (QED) is 0.588. The number of aryl methyl sites for hydroxylation is 3. The summed E-state index contributed by atoms with van der Waals surface area (Å²) in [4.78, 5) is 23.2. The molecule has 0 saturated heterocycles. The number of ether oxygens (including phenoxy) is 2. The van der Waals surface area contributed by atoms with Crippen LogP contribution in [0.5, 0.6) is 0 Å². The highest BCUT2D eigenvalue weighted by molar-refractivity contribution is 6.32. The number of rotatable bonds is 6. The molecule has 0 amide bonds. The van der Waals surface area contributed by atoms with Gasteiger partial charge in [-0.2, -0.15) is 0 Å². The first kappa shape index (κ1) is 18.3. The normalized spacial score (nSPS) is 10.9. The van der Waals surface area contributed by atoms with E-state index in [-0.39, 0.29) is 11.9 Å². The van der Waals surface area contributed by atoms with Crippen molar-refractivity contribution in [3.8, 4) is 0 Å². The van der Waals surface area contributed by atoms with E-state index < -0.39 is 0 Å². The molecular formula is C18H22ClNO4. The van der Waals surface area contributed by atoms with Crippen molar-refractivity contribution in [1.82, 2.24) is 4.57 Å². The van der Waals surface area contributed by atoms with Crippen LogP contribution >= 0.6 is 11.6 Å². The molecule has 0 bridgehead atoms. The molecule has 0 saturated carbocycles. The lowest BCUT2D eigenvalue weighted by molar-refractivity contribution is -0.141. The zero-order chi connectivity index (χ0) is 17.9. The average molecular weight is 352 g/mol. The third-order valence-electron chi connectivity index (χ3n) is 4.12. The van der Waals surface area contributed by atoms with E-state index in [1.165, 1.54) is 14.0 Å². The zero-order valence-corrected chi connectivity index (χ0v) is 15.2. The second-order valence-corrected chi connectivity index (χ2v) is 6.00. The van der Waals surface area contributed by atoms with Crippen LogP contribution in [0.2, 0.25) is 5.02 Å². The number of carbonyl (C=O) groups excluding carboxylic acids is 2. The molecule has 6 heteroatoms. The first-order valence-electron chi connectivity index (χ1n) is 7.92. The predicted octanol–water partition coefficient (Wildman–Crippen LogP) is 3.68. The zero-order valence-electron chi connectivity index (χ0n) is 14.4. The van der Waals surface area contributed by atoms with Crippen LogP contribution in [0.1, 0.15) is 41.9 Å². The van der Waals surface area contributed by atoms with Crippen molar-refractivity contribution in [2.24, 2.45) is 7.05 Å². The maximum absolute atomic E-state index is 12.3. The Morgan fingerprint density at radius 3 is 2.54 bits per heavy atom. The summed E-state index contributed by atoms with van der Waals surface area (Å²) >= 11 is 6.33. The van der Waals surface area contributed by atoms with Gasteiger partial charge < -0.3 is 14.0 Å². The first-order valence-corrected chi connectivity index (χ1v) is 8.30. The Morgan fingerprint density at radius 1 is 1.25 bits per heavy atom. The summed E-state index contributed by atoms with van der Waals surface area (Å²) in [5.41, 5.74) is 3.38. The van der Waals surface area contributed by atoms with Crippen molar-refractivity contribution in [3.63, 3.8) is 0 Å². The van der Waals surface area contributed by atoms with Gasteiger partial charge in [0.05, 0.1) is 19.2 Å². The molecule has 1 aromatic carbocycles. The molecule has 0 atom stereocenters. The number of hydrogen-bond acceptors (Lipinski definition) is 4. The van der Waals surface area contributed by atoms with E-state index in [2.05, 4.69) is 0 Å². The smallest absolute Gasteiger partial charge is 0.354 e. The highest BCUT2D eigenvalue weighted by atomic mass is 35.5. The second kappa shape index (κ2) is 7.71. The van der Waals surface area contributed by atoms with Gasteiger partial charge in [0.15, 0.2) is 0 Å². The van der Waals surface area contributed by atoms with Crippen LogP contribution in [0.4, 0.5) is 0 Å². The van der Waals surface area contributed by atoms with Gasteiger partial charge in [-0.1, -0.05) is 24.6 Å². The van der Waals surface area contributed by atoms with Crippen molar-refractivity contribution in [3.05, 3.63) is 34.0 Å². The van der Waals surface area contributed by atoms with Gasteiger partial charge in [0.1, 0.15) is 5.69 Å². The molecule has 130 valence electrons. The van der Waals surface area contributed by atoms with Gasteiger partial charge in [0.25, 0.3) is 0 Å². The Balaban J connectivity index is 2.54. The standard InChI is InChI=1S/C18H22ClNO4/c1-5-12-15(19)9-8-14-13(7-6-10-24-11(2)21)17(18(22)23-4)20(3)16(12)14/h8-9H,5-7,10H2,1-4H3. The van der Waals surface area contributed by atoms with Gasteiger partial charge in [-0.05, 0) is 36.5 Å². The van der Waals surface area contributed by atoms with E-state index in [1.807, 2.05) is 30.7 Å². The van der Waals surface area contributed by atoms with Crippen molar-refractivity contribution >= 4 is 34.4 Å². The SMILES string of the molecule is CCc1c(Cl)ccc2c(CCCOC(C)=O)c(C(=O)OC)n(C)c12. The maximum atomic E-state index is 12.3. The van der Waals surface area contributed by atoms with E-state index in [4.69, 9.17) is 21.1 Å². The van der Waals surface area contributed by atoms with E-state index in [1.54, 1.807) is 0 Å². The number of benzene rings is 1. The number of esters is 2. The Kier molecular flexibility index (Phi) is 5.89. The van der Waals surface area contributed by atoms with Crippen molar-refractivity contribution in [1.29, 1.82) is 0 Å². The molecule has 5 nitrogen and oxygen atoms in total. The molecule has 0 unspecified atom stereocenters. The highest BCUT2D eigenvalue weighted by Gasteiger charge is 2.23. The summed E-state index contributed by atoms with van der Waals surface area (Å²) in [6.45, 7) is 3.74. The topological polar surface area (TPSA) is 57.5 Å². The molecule has 0 N–H and O–H groups in total. The molecule has 0 fully saturated rings. The molecule has 0 aliphatic rings. The number of nitrogens with zero attached hydrogens (tertiary/aromatic N) is 1. The van der Waals surface area contributed by atoms with Crippen LogP contribution in [-0.4, -0.2) is 30.2 Å². The van der Waals surface area contributed by atoms with Crippen molar-refractivity contribution < 1.29 is 19.1 Å². The number of aromatic nitrogens is 1. The summed E-state index contributed by atoms with van der Waals surface area (Å²) in [5, 5.41) is 1.68. The van der Waals surface area contributed by atoms with Gasteiger partial charge in [0, 0.05) is 24.4 Å². The number of carbonyl (C=O) groups is 2. The fourth-order valence-corrected chi connectivity index (χ4v) is 3.38. The minimum Gasteiger partial charge on any atom is -0.466 e. The summed E-state index contributed by atoms with van der Waals surface area (Å²) in [6, 6.07) is 3.80. The van der Waals surface area contributed by atoms with Gasteiger partial charge in [-0.15, -0.1) is 0 Å². The largest absolute Gasteiger partial charge is 0.466 e. The molecular weight excluding hydrogens is 330 g/mol. The minimum atomic E-state index is -0.380. The molecule has 24 heavy (non-hydrogen) atoms. The molecule has 0 aliphatic carbocycles. The van der Waals surface area contributed by atoms with Crippen LogP contribution in [0, 0.1) is 0 Å². The average Bonchev–Trinajstić information content (AvgIpc) is 2.83. The molecule has 2 aromatic rings.